The van der Waals surface area contributed by atoms with E-state index in [1.54, 1.807) is 17.0 Å². The number of piperidine rings is 1. The van der Waals surface area contributed by atoms with Crippen molar-refractivity contribution in [2.24, 2.45) is 5.92 Å². The van der Waals surface area contributed by atoms with E-state index in [1.165, 1.54) is 12.1 Å². The number of likely N-dealkylation sites (tertiary alicyclic amines) is 1. The molecule has 4 amide bonds. The number of fused-ring (bicyclic) bond motifs is 1. The normalized spacial score (nSPS) is 16.4. The van der Waals surface area contributed by atoms with E-state index in [-0.39, 0.29) is 17.2 Å². The smallest absolute Gasteiger partial charge is 0.329 e. The summed E-state index contributed by atoms with van der Waals surface area (Å²) in [5, 5.41) is 3.38. The Balaban J connectivity index is 1.31. The highest BCUT2D eigenvalue weighted by Gasteiger charge is 2.40. The molecule has 0 bridgehead atoms. The van der Waals surface area contributed by atoms with Crippen LogP contribution in [0.1, 0.15) is 39.1 Å². The predicted octanol–water partition coefficient (Wildman–Crippen LogP) is 2.99. The first-order chi connectivity index (χ1) is 14.4. The minimum atomic E-state index is -0.640. The Morgan fingerprint density at radius 1 is 0.967 bits per heavy atom. The van der Waals surface area contributed by atoms with Gasteiger partial charge in [-0.2, -0.15) is 0 Å². The number of benzene rings is 2. The minimum absolute atomic E-state index is 0.220. The van der Waals surface area contributed by atoms with Gasteiger partial charge >= 0.3 is 12.0 Å². The van der Waals surface area contributed by atoms with E-state index in [2.05, 4.69) is 5.32 Å². The maximum absolute atomic E-state index is 12.5. The number of hydrogen-bond donors (Lipinski definition) is 1. The van der Waals surface area contributed by atoms with Gasteiger partial charge in [0.25, 0.3) is 11.8 Å². The maximum atomic E-state index is 12.5. The highest BCUT2D eigenvalue weighted by Crippen LogP contribution is 2.25. The number of urea groups is 1. The van der Waals surface area contributed by atoms with E-state index >= 15 is 0 Å². The third-order valence-electron chi connectivity index (χ3n) is 5.32. The van der Waals surface area contributed by atoms with Crippen molar-refractivity contribution in [2.75, 3.05) is 18.4 Å². The molecule has 2 heterocycles. The first kappa shape index (κ1) is 19.6. The highest BCUT2D eigenvalue weighted by molar-refractivity contribution is 6.20. The number of carbonyl (C=O) groups is 4. The number of hydrogen-bond acceptors (Lipinski definition) is 5. The maximum Gasteiger partial charge on any atom is 0.336 e. The average molecular weight is 407 g/mol. The lowest BCUT2D eigenvalue weighted by Crippen LogP contribution is -2.44. The number of carbonyl (C=O) groups excluding carboxylic acids is 4. The fourth-order valence-corrected chi connectivity index (χ4v) is 3.66. The van der Waals surface area contributed by atoms with Crippen molar-refractivity contribution in [1.82, 2.24) is 9.96 Å². The molecular formula is C22H21N3O5. The van der Waals surface area contributed by atoms with E-state index in [1.807, 2.05) is 31.2 Å². The van der Waals surface area contributed by atoms with Gasteiger partial charge in [0.1, 0.15) is 0 Å². The summed E-state index contributed by atoms with van der Waals surface area (Å²) in [6.45, 7) is 2.69. The molecule has 2 aromatic rings. The zero-order valence-electron chi connectivity index (χ0n) is 16.5. The molecule has 8 nitrogen and oxygen atoms in total. The Bertz CT molecular complexity index is 992. The minimum Gasteiger partial charge on any atom is -0.329 e. The van der Waals surface area contributed by atoms with Crippen LogP contribution in [0.2, 0.25) is 0 Å². The Morgan fingerprint density at radius 2 is 1.60 bits per heavy atom. The molecule has 0 unspecified atom stereocenters. The summed E-state index contributed by atoms with van der Waals surface area (Å²) in [5.74, 6) is -2.40. The van der Waals surface area contributed by atoms with Crippen molar-refractivity contribution in [2.45, 2.75) is 19.8 Å². The molecule has 0 spiro atoms. The van der Waals surface area contributed by atoms with Gasteiger partial charge in [-0.25, -0.2) is 9.59 Å². The molecule has 0 radical (unpaired) electrons. The summed E-state index contributed by atoms with van der Waals surface area (Å²) in [6.07, 6.45) is 0.784. The van der Waals surface area contributed by atoms with Gasteiger partial charge in [0.15, 0.2) is 0 Å². The molecule has 154 valence electrons. The predicted molar refractivity (Wildman–Crippen MR) is 108 cm³/mol. The molecule has 0 aliphatic carbocycles. The summed E-state index contributed by atoms with van der Waals surface area (Å²) in [6, 6.07) is 13.6. The topological polar surface area (TPSA) is 96.0 Å². The van der Waals surface area contributed by atoms with Gasteiger partial charge in [-0.05, 0) is 49.6 Å². The van der Waals surface area contributed by atoms with E-state index < -0.39 is 23.7 Å². The molecule has 8 heteroatoms. The Morgan fingerprint density at radius 3 is 2.20 bits per heavy atom. The first-order valence-corrected chi connectivity index (χ1v) is 9.76. The zero-order chi connectivity index (χ0) is 21.3. The van der Waals surface area contributed by atoms with E-state index in [4.69, 9.17) is 4.84 Å². The lowest BCUT2D eigenvalue weighted by Gasteiger charge is -2.31. The number of hydroxylamine groups is 2. The van der Waals surface area contributed by atoms with Crippen LogP contribution in [-0.4, -0.2) is 46.9 Å². The number of aryl methyl sites for hydroxylation is 1. The Kier molecular flexibility index (Phi) is 5.22. The fraction of sp³-hybridized carbons (Fsp3) is 0.273. The number of imide groups is 1. The van der Waals surface area contributed by atoms with Crippen LogP contribution in [0.4, 0.5) is 10.5 Å². The molecule has 0 saturated carbocycles. The summed E-state index contributed by atoms with van der Waals surface area (Å²) >= 11 is 0. The van der Waals surface area contributed by atoms with Gasteiger partial charge in [0.05, 0.1) is 17.0 Å². The molecule has 30 heavy (non-hydrogen) atoms. The number of nitrogens with zero attached hydrogens (tertiary/aromatic N) is 2. The average Bonchev–Trinajstić information content (AvgIpc) is 2.99. The van der Waals surface area contributed by atoms with Gasteiger partial charge in [-0.1, -0.05) is 29.3 Å². The second-order valence-corrected chi connectivity index (χ2v) is 7.42. The van der Waals surface area contributed by atoms with Gasteiger partial charge in [0.2, 0.25) is 0 Å². The van der Waals surface area contributed by atoms with E-state index in [0.717, 1.165) is 5.56 Å². The molecule has 1 N–H and O–H groups in total. The van der Waals surface area contributed by atoms with Gasteiger partial charge in [-0.3, -0.25) is 9.59 Å². The number of amides is 4. The molecule has 0 atom stereocenters. The molecule has 2 aromatic carbocycles. The van der Waals surface area contributed by atoms with Crippen molar-refractivity contribution >= 4 is 29.5 Å². The standard InChI is InChI=1S/C22H21N3O5/c1-14-5-4-6-16(13-14)23-22(29)24-11-9-15(10-12-24)21(28)30-25-19(26)17-7-2-3-8-18(17)20(25)27/h2-8,13,15H,9-12H2,1H3,(H,23,29). The van der Waals surface area contributed by atoms with Crippen LogP contribution in [0.3, 0.4) is 0 Å². The third kappa shape index (κ3) is 3.76. The van der Waals surface area contributed by atoms with Gasteiger partial charge < -0.3 is 15.1 Å². The van der Waals surface area contributed by atoms with Crippen LogP contribution in [0.25, 0.3) is 0 Å². The first-order valence-electron chi connectivity index (χ1n) is 9.76. The lowest BCUT2D eigenvalue weighted by molar-refractivity contribution is -0.175. The molecule has 2 aliphatic heterocycles. The highest BCUT2D eigenvalue weighted by atomic mass is 16.7. The molecule has 1 fully saturated rings. The molecule has 1 saturated heterocycles. The second-order valence-electron chi connectivity index (χ2n) is 7.42. The van der Waals surface area contributed by atoms with Crippen molar-refractivity contribution in [3.05, 3.63) is 65.2 Å². The van der Waals surface area contributed by atoms with Crippen molar-refractivity contribution < 1.29 is 24.0 Å². The van der Waals surface area contributed by atoms with E-state index in [0.29, 0.717) is 36.7 Å². The summed E-state index contributed by atoms with van der Waals surface area (Å²) in [7, 11) is 0. The molecule has 0 aromatic heterocycles. The van der Waals surface area contributed by atoms with Crippen LogP contribution in [-0.2, 0) is 9.63 Å². The molecule has 2 aliphatic rings. The van der Waals surface area contributed by atoms with Crippen molar-refractivity contribution in [3.63, 3.8) is 0 Å². The number of rotatable bonds is 3. The Hall–Kier alpha value is -3.68. The quantitative estimate of drug-likeness (QED) is 0.789. The lowest BCUT2D eigenvalue weighted by atomic mass is 9.97. The molecular weight excluding hydrogens is 386 g/mol. The van der Waals surface area contributed by atoms with E-state index in [9.17, 15) is 19.2 Å². The third-order valence-corrected chi connectivity index (χ3v) is 5.32. The SMILES string of the molecule is Cc1cccc(NC(=O)N2CCC(C(=O)ON3C(=O)c4ccccc4C3=O)CC2)c1. The van der Waals surface area contributed by atoms with Gasteiger partial charge in [-0.15, -0.1) is 0 Å². The van der Waals surface area contributed by atoms with Crippen LogP contribution in [0.5, 0.6) is 0 Å². The van der Waals surface area contributed by atoms with Crippen LogP contribution in [0.15, 0.2) is 48.5 Å². The number of nitrogens with one attached hydrogen (secondary N) is 1. The van der Waals surface area contributed by atoms with Crippen molar-refractivity contribution in [1.29, 1.82) is 0 Å². The van der Waals surface area contributed by atoms with Gasteiger partial charge in [0, 0.05) is 18.8 Å². The van der Waals surface area contributed by atoms with Crippen molar-refractivity contribution in [3.8, 4) is 0 Å². The largest absolute Gasteiger partial charge is 0.336 e. The van der Waals surface area contributed by atoms with Crippen LogP contribution >= 0.6 is 0 Å². The fourth-order valence-electron chi connectivity index (χ4n) is 3.66. The second kappa shape index (κ2) is 7.98. The molecule has 4 rings (SSSR count). The monoisotopic (exact) mass is 407 g/mol. The van der Waals surface area contributed by atoms with Crippen LogP contribution in [0, 0.1) is 12.8 Å². The zero-order valence-corrected chi connectivity index (χ0v) is 16.5. The summed E-state index contributed by atoms with van der Waals surface area (Å²) < 4.78 is 0. The summed E-state index contributed by atoms with van der Waals surface area (Å²) in [5.41, 5.74) is 2.20. The summed E-state index contributed by atoms with van der Waals surface area (Å²) in [4.78, 5) is 56.4. The number of anilines is 1. The Labute approximate surface area is 173 Å². The van der Waals surface area contributed by atoms with Crippen LogP contribution < -0.4 is 5.32 Å².